The summed E-state index contributed by atoms with van der Waals surface area (Å²) in [6.07, 6.45) is 0.984. The molecule has 0 saturated carbocycles. The van der Waals surface area contributed by atoms with E-state index < -0.39 is 15.8 Å². The van der Waals surface area contributed by atoms with Crippen molar-refractivity contribution in [2.75, 3.05) is 11.8 Å². The van der Waals surface area contributed by atoms with Crippen LogP contribution < -0.4 is 4.72 Å². The van der Waals surface area contributed by atoms with Gasteiger partial charge in [-0.15, -0.1) is 0 Å². The van der Waals surface area contributed by atoms with Crippen molar-refractivity contribution in [2.45, 2.75) is 31.8 Å². The number of nitrogens with one attached hydrogen (secondary N) is 1. The fourth-order valence-corrected chi connectivity index (χ4v) is 4.70. The van der Waals surface area contributed by atoms with Gasteiger partial charge in [0.25, 0.3) is 10.0 Å². The number of nitrogens with zero attached hydrogens (tertiary/aromatic N) is 5. The highest BCUT2D eigenvalue weighted by Crippen LogP contribution is 2.36. The van der Waals surface area contributed by atoms with E-state index in [1.54, 1.807) is 19.2 Å². The molecule has 0 aliphatic heterocycles. The van der Waals surface area contributed by atoms with Gasteiger partial charge in [0.2, 0.25) is 5.78 Å². The highest BCUT2D eigenvalue weighted by molar-refractivity contribution is 7.92. The Morgan fingerprint density at radius 3 is 2.49 bits per heavy atom. The van der Waals surface area contributed by atoms with E-state index in [1.165, 1.54) is 42.6 Å². The van der Waals surface area contributed by atoms with Gasteiger partial charge in [-0.25, -0.2) is 18.4 Å². The highest BCUT2D eigenvalue weighted by atomic mass is 35.5. The summed E-state index contributed by atoms with van der Waals surface area (Å²) in [5.41, 5.74) is 8.81. The Balaban J connectivity index is 1.95. The number of carbonyl (C=O) groups excluding carboxylic acids is 1. The molecule has 0 saturated heterocycles. The summed E-state index contributed by atoms with van der Waals surface area (Å²) in [4.78, 5) is 23.7. The third-order valence-corrected chi connectivity index (χ3v) is 6.53. The van der Waals surface area contributed by atoms with Crippen LogP contribution in [0.4, 0.5) is 11.5 Å². The molecule has 3 aromatic rings. The van der Waals surface area contributed by atoms with Crippen molar-refractivity contribution < 1.29 is 17.9 Å². The van der Waals surface area contributed by atoms with Crippen LogP contribution in [0.1, 0.15) is 48.6 Å². The lowest BCUT2D eigenvalue weighted by Crippen LogP contribution is -2.20. The van der Waals surface area contributed by atoms with E-state index in [9.17, 15) is 13.2 Å². The lowest BCUT2D eigenvalue weighted by atomic mass is 9.85. The number of rotatable bonds is 8. The third-order valence-electron chi connectivity index (χ3n) is 4.94. The summed E-state index contributed by atoms with van der Waals surface area (Å²) in [6, 6.07) is 11.9. The fraction of sp³-hybridized carbons (Fsp3) is 0.261. The second-order valence-electron chi connectivity index (χ2n) is 8.61. The maximum absolute atomic E-state index is 13.1. The molecule has 10 nitrogen and oxygen atoms in total. The zero-order valence-corrected chi connectivity index (χ0v) is 21.0. The summed E-state index contributed by atoms with van der Waals surface area (Å²) in [5, 5.41) is 3.50. The lowest BCUT2D eigenvalue weighted by molar-refractivity contribution is 0.0152. The smallest absolute Gasteiger partial charge is 0.261 e. The second kappa shape index (κ2) is 10.4. The van der Waals surface area contributed by atoms with Crippen LogP contribution in [0.2, 0.25) is 5.02 Å². The standard InChI is InChI=1S/C23H23ClN6O4S/c1-23(2,3)22(34-4)14-8-10-16(11-9-14)35(32,33)29-18-12-15(24)13-26-20(18)21(31)17-6-5-7-19(27-17)28-30-25/h5-13,22,29H,1-4H3. The molecule has 2 heterocycles. The summed E-state index contributed by atoms with van der Waals surface area (Å²) in [5.74, 6) is -0.697. The fourth-order valence-electron chi connectivity index (χ4n) is 3.49. The van der Waals surface area contributed by atoms with E-state index in [4.69, 9.17) is 21.9 Å². The molecule has 1 atom stereocenters. The Morgan fingerprint density at radius 1 is 1.20 bits per heavy atom. The number of methoxy groups -OCH3 is 1. The maximum atomic E-state index is 13.1. The van der Waals surface area contributed by atoms with Gasteiger partial charge in [-0.3, -0.25) is 9.52 Å². The number of anilines is 1. The van der Waals surface area contributed by atoms with Crippen molar-refractivity contribution in [3.63, 3.8) is 0 Å². The molecule has 182 valence electrons. The minimum atomic E-state index is -4.10. The Morgan fingerprint density at radius 2 is 1.89 bits per heavy atom. The molecular weight excluding hydrogens is 492 g/mol. The number of sulfonamides is 1. The number of pyridine rings is 2. The summed E-state index contributed by atoms with van der Waals surface area (Å²) in [6.45, 7) is 6.07. The highest BCUT2D eigenvalue weighted by Gasteiger charge is 2.27. The molecule has 0 aliphatic rings. The van der Waals surface area contributed by atoms with E-state index in [-0.39, 0.29) is 44.3 Å². The summed E-state index contributed by atoms with van der Waals surface area (Å²) in [7, 11) is -2.50. The molecule has 0 bridgehead atoms. The molecule has 3 rings (SSSR count). The Kier molecular flexibility index (Phi) is 7.76. The van der Waals surface area contributed by atoms with Crippen LogP contribution in [0.25, 0.3) is 10.4 Å². The predicted octanol–water partition coefficient (Wildman–Crippen LogP) is 5.84. The predicted molar refractivity (Wildman–Crippen MR) is 132 cm³/mol. The number of hydrogen-bond donors (Lipinski definition) is 1. The van der Waals surface area contributed by atoms with Crippen LogP contribution in [0.5, 0.6) is 0 Å². The van der Waals surface area contributed by atoms with Gasteiger partial charge in [0.15, 0.2) is 0 Å². The molecule has 0 aliphatic carbocycles. The second-order valence-corrected chi connectivity index (χ2v) is 10.7. The van der Waals surface area contributed by atoms with Gasteiger partial charge in [0, 0.05) is 18.2 Å². The molecular formula is C23H23ClN6O4S. The van der Waals surface area contributed by atoms with Crippen LogP contribution >= 0.6 is 11.6 Å². The first-order valence-electron chi connectivity index (χ1n) is 10.3. The normalized spacial score (nSPS) is 12.5. The van der Waals surface area contributed by atoms with E-state index in [1.807, 2.05) is 20.8 Å². The summed E-state index contributed by atoms with van der Waals surface area (Å²) < 4.78 is 34.2. The van der Waals surface area contributed by atoms with Crippen LogP contribution in [0.3, 0.4) is 0 Å². The first kappa shape index (κ1) is 26.1. The quantitative estimate of drug-likeness (QED) is 0.173. The average Bonchev–Trinajstić information content (AvgIpc) is 2.79. The molecule has 35 heavy (non-hydrogen) atoms. The van der Waals surface area contributed by atoms with Crippen molar-refractivity contribution in [3.8, 4) is 0 Å². The van der Waals surface area contributed by atoms with Crippen molar-refractivity contribution in [1.82, 2.24) is 9.97 Å². The number of halogens is 1. The number of ether oxygens (including phenoxy) is 1. The number of benzene rings is 1. The molecule has 0 fully saturated rings. The van der Waals surface area contributed by atoms with Crippen molar-refractivity contribution in [2.24, 2.45) is 10.5 Å². The van der Waals surface area contributed by atoms with Crippen LogP contribution in [-0.2, 0) is 14.8 Å². The van der Waals surface area contributed by atoms with Crippen LogP contribution in [0, 0.1) is 5.41 Å². The van der Waals surface area contributed by atoms with Gasteiger partial charge >= 0.3 is 0 Å². The van der Waals surface area contributed by atoms with Gasteiger partial charge < -0.3 is 4.74 Å². The van der Waals surface area contributed by atoms with Gasteiger partial charge in [-0.1, -0.05) is 50.6 Å². The number of azide groups is 1. The third kappa shape index (κ3) is 6.14. The average molecular weight is 515 g/mol. The molecule has 0 amide bonds. The minimum absolute atomic E-state index is 0.0147. The largest absolute Gasteiger partial charge is 0.376 e. The van der Waals surface area contributed by atoms with Gasteiger partial charge in [-0.05, 0) is 52.0 Å². The first-order valence-corrected chi connectivity index (χ1v) is 12.2. The Bertz CT molecular complexity index is 1400. The molecule has 12 heteroatoms. The number of ketones is 1. The maximum Gasteiger partial charge on any atom is 0.261 e. The number of carbonyl (C=O) groups is 1. The monoisotopic (exact) mass is 514 g/mol. The van der Waals surface area contributed by atoms with Crippen molar-refractivity contribution in [3.05, 3.63) is 87.1 Å². The van der Waals surface area contributed by atoms with Crippen molar-refractivity contribution >= 4 is 38.9 Å². The van der Waals surface area contributed by atoms with Gasteiger partial charge in [-0.2, -0.15) is 0 Å². The Hall–Kier alpha value is -3.50. The van der Waals surface area contributed by atoms with Crippen molar-refractivity contribution in [1.29, 1.82) is 0 Å². The molecule has 1 N–H and O–H groups in total. The van der Waals surface area contributed by atoms with E-state index in [2.05, 4.69) is 24.7 Å². The molecule has 0 spiro atoms. The summed E-state index contributed by atoms with van der Waals surface area (Å²) >= 11 is 6.03. The van der Waals surface area contributed by atoms with E-state index in [0.717, 1.165) is 5.56 Å². The first-order chi connectivity index (χ1) is 16.5. The van der Waals surface area contributed by atoms with Crippen LogP contribution in [0.15, 0.2) is 64.7 Å². The number of hydrogen-bond acceptors (Lipinski definition) is 7. The molecule has 1 aromatic carbocycles. The van der Waals surface area contributed by atoms with E-state index >= 15 is 0 Å². The zero-order valence-electron chi connectivity index (χ0n) is 19.4. The van der Waals surface area contributed by atoms with Crippen LogP contribution in [-0.4, -0.2) is 31.3 Å². The lowest BCUT2D eigenvalue weighted by Gasteiger charge is -2.29. The molecule has 1 unspecified atom stereocenters. The SMILES string of the molecule is COC(c1ccc(S(=O)(=O)Nc2cc(Cl)cnc2C(=O)c2cccc(N=[N+]=[N-])n2)cc1)C(C)(C)C. The van der Waals surface area contributed by atoms with Gasteiger partial charge in [0.05, 0.1) is 21.7 Å². The zero-order chi connectivity index (χ0) is 25.8. The van der Waals surface area contributed by atoms with Gasteiger partial charge in [0.1, 0.15) is 17.2 Å². The molecule has 0 radical (unpaired) electrons. The minimum Gasteiger partial charge on any atom is -0.376 e. The number of aromatic nitrogens is 2. The van der Waals surface area contributed by atoms with E-state index in [0.29, 0.717) is 0 Å². The topological polar surface area (TPSA) is 147 Å². The molecule has 2 aromatic heterocycles. The Labute approximate surface area is 208 Å².